The molecule has 3 rings (SSSR count). The van der Waals surface area contributed by atoms with Gasteiger partial charge in [-0.05, 0) is 37.3 Å². The van der Waals surface area contributed by atoms with Crippen LogP contribution in [0.1, 0.15) is 17.3 Å². The summed E-state index contributed by atoms with van der Waals surface area (Å²) in [6, 6.07) is 10.4. The molecule has 1 aliphatic heterocycles. The van der Waals surface area contributed by atoms with Crippen molar-refractivity contribution in [3.8, 4) is 0 Å². The fourth-order valence-corrected chi connectivity index (χ4v) is 3.01. The van der Waals surface area contributed by atoms with Gasteiger partial charge in [-0.25, -0.2) is 14.6 Å². The Bertz CT molecular complexity index is 805. The smallest absolute Gasteiger partial charge is 0.339 e. The van der Waals surface area contributed by atoms with Gasteiger partial charge in [0.15, 0.2) is 0 Å². The number of rotatable bonds is 4. The minimum Gasteiger partial charge on any atom is -0.462 e. The van der Waals surface area contributed by atoms with Crippen molar-refractivity contribution in [3.63, 3.8) is 0 Å². The maximum atomic E-state index is 12.4. The van der Waals surface area contributed by atoms with Crippen LogP contribution in [0.5, 0.6) is 0 Å². The fraction of sp³-hybridized carbons (Fsp3) is 0.316. The summed E-state index contributed by atoms with van der Waals surface area (Å²) in [5.41, 5.74) is 1.10. The highest BCUT2D eigenvalue weighted by atomic mass is 35.5. The number of amides is 2. The zero-order valence-electron chi connectivity index (χ0n) is 15.0. The lowest BCUT2D eigenvalue weighted by Crippen LogP contribution is -2.50. The van der Waals surface area contributed by atoms with E-state index < -0.39 is 0 Å². The summed E-state index contributed by atoms with van der Waals surface area (Å²) in [5.74, 6) is 0.400. The Labute approximate surface area is 162 Å². The van der Waals surface area contributed by atoms with Crippen molar-refractivity contribution in [2.24, 2.45) is 0 Å². The Kier molecular flexibility index (Phi) is 6.13. The lowest BCUT2D eigenvalue weighted by Gasteiger charge is -2.35. The number of hydrogen-bond donors (Lipinski definition) is 1. The molecule has 0 bridgehead atoms. The fourth-order valence-electron chi connectivity index (χ4n) is 2.82. The van der Waals surface area contributed by atoms with E-state index in [0.717, 1.165) is 5.82 Å². The molecule has 1 N–H and O–H groups in total. The number of benzene rings is 1. The number of pyridine rings is 1. The number of aromatic nitrogens is 1. The van der Waals surface area contributed by atoms with Gasteiger partial charge in [-0.3, -0.25) is 0 Å². The van der Waals surface area contributed by atoms with Gasteiger partial charge in [0.2, 0.25) is 0 Å². The third-order valence-electron chi connectivity index (χ3n) is 4.23. The number of ether oxygens (including phenoxy) is 1. The van der Waals surface area contributed by atoms with E-state index in [1.807, 2.05) is 0 Å². The van der Waals surface area contributed by atoms with Gasteiger partial charge in [-0.15, -0.1) is 0 Å². The molecule has 1 aliphatic rings. The third-order valence-corrected chi connectivity index (χ3v) is 4.46. The summed E-state index contributed by atoms with van der Waals surface area (Å²) in [6.45, 7) is 4.58. The molecular formula is C19H21ClN4O3. The van der Waals surface area contributed by atoms with Crippen molar-refractivity contribution < 1.29 is 14.3 Å². The van der Waals surface area contributed by atoms with Crippen molar-refractivity contribution >= 4 is 35.1 Å². The predicted molar refractivity (Wildman–Crippen MR) is 104 cm³/mol. The highest BCUT2D eigenvalue weighted by Crippen LogP contribution is 2.17. The minimum atomic E-state index is -0.376. The number of anilines is 2. The Morgan fingerprint density at radius 1 is 1.19 bits per heavy atom. The lowest BCUT2D eigenvalue weighted by atomic mass is 10.2. The number of carbonyl (C=O) groups is 2. The van der Waals surface area contributed by atoms with Crippen LogP contribution in [0.25, 0.3) is 0 Å². The first-order valence-corrected chi connectivity index (χ1v) is 9.14. The third kappa shape index (κ3) is 4.89. The number of urea groups is 1. The van der Waals surface area contributed by atoms with E-state index in [1.165, 1.54) is 6.20 Å². The van der Waals surface area contributed by atoms with E-state index in [1.54, 1.807) is 48.2 Å². The molecule has 0 atom stereocenters. The average molecular weight is 389 g/mol. The molecule has 2 amide bonds. The summed E-state index contributed by atoms with van der Waals surface area (Å²) >= 11 is 5.94. The molecule has 27 heavy (non-hydrogen) atoms. The molecule has 0 radical (unpaired) electrons. The molecule has 8 heteroatoms. The van der Waals surface area contributed by atoms with Crippen LogP contribution < -0.4 is 10.2 Å². The van der Waals surface area contributed by atoms with Gasteiger partial charge in [0.05, 0.1) is 12.2 Å². The van der Waals surface area contributed by atoms with Crippen LogP contribution in [0.3, 0.4) is 0 Å². The standard InChI is InChI=1S/C19H21ClN4O3/c1-2-27-18(25)14-6-7-17(21-13-14)23-8-10-24(11-9-23)19(26)22-16-5-3-4-15(20)12-16/h3-7,12-13H,2,8-11H2,1H3,(H,22,26). The first kappa shape index (κ1) is 19.0. The second-order valence-electron chi connectivity index (χ2n) is 6.04. The second kappa shape index (κ2) is 8.73. The van der Waals surface area contributed by atoms with Crippen LogP contribution in [0.2, 0.25) is 5.02 Å². The molecule has 1 aromatic carbocycles. The SMILES string of the molecule is CCOC(=O)c1ccc(N2CCN(C(=O)Nc3cccc(Cl)c3)CC2)nc1. The normalized spacial score (nSPS) is 14.0. The van der Waals surface area contributed by atoms with E-state index in [0.29, 0.717) is 49.1 Å². The Balaban J connectivity index is 1.54. The van der Waals surface area contributed by atoms with E-state index >= 15 is 0 Å². The average Bonchev–Trinajstić information content (AvgIpc) is 2.68. The number of nitrogens with zero attached hydrogens (tertiary/aromatic N) is 3. The minimum absolute atomic E-state index is 0.150. The van der Waals surface area contributed by atoms with E-state index in [-0.39, 0.29) is 12.0 Å². The van der Waals surface area contributed by atoms with Gasteiger partial charge in [0, 0.05) is 43.1 Å². The first-order chi connectivity index (χ1) is 13.1. The molecule has 0 aliphatic carbocycles. The highest BCUT2D eigenvalue weighted by Gasteiger charge is 2.22. The number of hydrogen-bond acceptors (Lipinski definition) is 5. The maximum absolute atomic E-state index is 12.4. The maximum Gasteiger partial charge on any atom is 0.339 e. The monoisotopic (exact) mass is 388 g/mol. The van der Waals surface area contributed by atoms with E-state index in [2.05, 4.69) is 15.2 Å². The lowest BCUT2D eigenvalue weighted by molar-refractivity contribution is 0.0526. The summed E-state index contributed by atoms with van der Waals surface area (Å²) in [6.07, 6.45) is 1.52. The number of nitrogens with one attached hydrogen (secondary N) is 1. The van der Waals surface area contributed by atoms with E-state index in [9.17, 15) is 9.59 Å². The van der Waals surface area contributed by atoms with Gasteiger partial charge in [0.1, 0.15) is 5.82 Å². The van der Waals surface area contributed by atoms with Crippen molar-refractivity contribution in [1.29, 1.82) is 0 Å². The van der Waals surface area contributed by atoms with Crippen LogP contribution >= 0.6 is 11.6 Å². The predicted octanol–water partition coefficient (Wildman–Crippen LogP) is 3.27. The largest absolute Gasteiger partial charge is 0.462 e. The summed E-state index contributed by atoms with van der Waals surface area (Å²) < 4.78 is 4.96. The molecule has 0 unspecified atom stereocenters. The number of halogens is 1. The molecule has 2 aromatic rings. The van der Waals surface area contributed by atoms with E-state index in [4.69, 9.17) is 16.3 Å². The first-order valence-electron chi connectivity index (χ1n) is 8.76. The molecule has 1 fully saturated rings. The van der Waals surface area contributed by atoms with Gasteiger partial charge in [-0.1, -0.05) is 17.7 Å². The highest BCUT2D eigenvalue weighted by molar-refractivity contribution is 6.30. The Morgan fingerprint density at radius 3 is 2.59 bits per heavy atom. The molecule has 142 valence electrons. The zero-order valence-corrected chi connectivity index (χ0v) is 15.8. The summed E-state index contributed by atoms with van der Waals surface area (Å²) in [5, 5.41) is 3.43. The molecule has 2 heterocycles. The van der Waals surface area contributed by atoms with Crippen LogP contribution in [0.4, 0.5) is 16.3 Å². The molecule has 1 aromatic heterocycles. The summed E-state index contributed by atoms with van der Waals surface area (Å²) in [7, 11) is 0. The zero-order chi connectivity index (χ0) is 19.2. The molecule has 0 spiro atoms. The van der Waals surface area contributed by atoms with Crippen LogP contribution in [0.15, 0.2) is 42.6 Å². The van der Waals surface area contributed by atoms with Gasteiger partial charge in [-0.2, -0.15) is 0 Å². The number of esters is 1. The van der Waals surface area contributed by atoms with Gasteiger partial charge >= 0.3 is 12.0 Å². The van der Waals surface area contributed by atoms with Crippen molar-refractivity contribution in [2.75, 3.05) is 43.0 Å². The van der Waals surface area contributed by atoms with Crippen LogP contribution in [0, 0.1) is 0 Å². The molecule has 7 nitrogen and oxygen atoms in total. The van der Waals surface area contributed by atoms with Crippen LogP contribution in [-0.2, 0) is 4.74 Å². The van der Waals surface area contributed by atoms with Crippen molar-refractivity contribution in [2.45, 2.75) is 6.92 Å². The van der Waals surface area contributed by atoms with Crippen LogP contribution in [-0.4, -0.2) is 54.7 Å². The molecule has 1 saturated heterocycles. The van der Waals surface area contributed by atoms with Gasteiger partial charge in [0.25, 0.3) is 0 Å². The Morgan fingerprint density at radius 2 is 1.96 bits per heavy atom. The van der Waals surface area contributed by atoms with Gasteiger partial charge < -0.3 is 19.9 Å². The number of piperazine rings is 1. The van der Waals surface area contributed by atoms with Crippen molar-refractivity contribution in [1.82, 2.24) is 9.88 Å². The Hall–Kier alpha value is -2.80. The van der Waals surface area contributed by atoms with Crippen molar-refractivity contribution in [3.05, 3.63) is 53.2 Å². The topological polar surface area (TPSA) is 74.8 Å². The second-order valence-corrected chi connectivity index (χ2v) is 6.48. The molecule has 0 saturated carbocycles. The summed E-state index contributed by atoms with van der Waals surface area (Å²) in [4.78, 5) is 32.3. The number of carbonyl (C=O) groups excluding carboxylic acids is 2. The molecular weight excluding hydrogens is 368 g/mol. The quantitative estimate of drug-likeness (QED) is 0.813.